The minimum Gasteiger partial charge on any atom is -0.311 e. The Morgan fingerprint density at radius 3 is 2.88 bits per heavy atom. The molecule has 0 saturated carbocycles. The minimum absolute atomic E-state index is 0.200. The Labute approximate surface area is 97.3 Å². The van der Waals surface area contributed by atoms with Crippen LogP contribution in [0, 0.1) is 16.7 Å². The first-order chi connectivity index (χ1) is 7.55. The number of aromatic nitrogens is 2. The maximum Gasteiger partial charge on any atom is 0.0683 e. The van der Waals surface area contributed by atoms with Gasteiger partial charge in [0.2, 0.25) is 0 Å². The van der Waals surface area contributed by atoms with Crippen molar-refractivity contribution in [3.8, 4) is 6.07 Å². The summed E-state index contributed by atoms with van der Waals surface area (Å²) < 4.78 is 1.87. The Morgan fingerprint density at radius 2 is 2.31 bits per heavy atom. The lowest BCUT2D eigenvalue weighted by Gasteiger charge is -2.14. The molecule has 0 bridgehead atoms. The van der Waals surface area contributed by atoms with Crippen LogP contribution >= 0.6 is 0 Å². The lowest BCUT2D eigenvalue weighted by molar-refractivity contribution is 0.424. The summed E-state index contributed by atoms with van der Waals surface area (Å²) in [7, 11) is 1.94. The van der Waals surface area contributed by atoms with Gasteiger partial charge in [0, 0.05) is 19.8 Å². The summed E-state index contributed by atoms with van der Waals surface area (Å²) in [5.41, 5.74) is 0.980. The van der Waals surface area contributed by atoms with E-state index < -0.39 is 0 Å². The number of nitriles is 1. The molecule has 1 aromatic heterocycles. The van der Waals surface area contributed by atoms with Gasteiger partial charge < -0.3 is 5.32 Å². The third-order valence-electron chi connectivity index (χ3n) is 2.69. The molecule has 88 valence electrons. The van der Waals surface area contributed by atoms with Gasteiger partial charge in [-0.2, -0.15) is 10.4 Å². The van der Waals surface area contributed by atoms with Gasteiger partial charge in [0.15, 0.2) is 0 Å². The van der Waals surface area contributed by atoms with E-state index in [4.69, 9.17) is 5.26 Å². The number of nitrogens with zero attached hydrogens (tertiary/aromatic N) is 3. The molecule has 0 aliphatic carbocycles. The Balaban J connectivity index is 2.14. The SMILES string of the molecule is Cn1nccc1CNCCCC(C)(C)C#N. The maximum absolute atomic E-state index is 8.86. The maximum atomic E-state index is 8.86. The van der Waals surface area contributed by atoms with E-state index in [1.807, 2.05) is 31.6 Å². The molecular formula is C12H20N4. The van der Waals surface area contributed by atoms with E-state index in [9.17, 15) is 0 Å². The zero-order chi connectivity index (χ0) is 12.0. The van der Waals surface area contributed by atoms with Crippen molar-refractivity contribution in [1.82, 2.24) is 15.1 Å². The summed E-state index contributed by atoms with van der Waals surface area (Å²) in [6.45, 7) is 5.74. The van der Waals surface area contributed by atoms with Crippen LogP contribution < -0.4 is 5.32 Å². The van der Waals surface area contributed by atoms with E-state index in [1.165, 1.54) is 5.69 Å². The predicted octanol–water partition coefficient (Wildman–Crippen LogP) is 1.84. The molecule has 0 saturated heterocycles. The second-order valence-corrected chi connectivity index (χ2v) is 4.72. The summed E-state index contributed by atoms with van der Waals surface area (Å²) in [5.74, 6) is 0. The van der Waals surface area contributed by atoms with Gasteiger partial charge in [-0.15, -0.1) is 0 Å². The predicted molar refractivity (Wildman–Crippen MR) is 63.5 cm³/mol. The van der Waals surface area contributed by atoms with Crippen LogP contribution in [0.25, 0.3) is 0 Å². The number of rotatable bonds is 6. The van der Waals surface area contributed by atoms with E-state index in [-0.39, 0.29) is 5.41 Å². The molecule has 1 heterocycles. The van der Waals surface area contributed by atoms with Gasteiger partial charge in [0.05, 0.1) is 17.2 Å². The molecule has 0 atom stereocenters. The largest absolute Gasteiger partial charge is 0.311 e. The first-order valence-electron chi connectivity index (χ1n) is 5.64. The highest BCUT2D eigenvalue weighted by Gasteiger charge is 2.15. The van der Waals surface area contributed by atoms with Crippen molar-refractivity contribution >= 4 is 0 Å². The van der Waals surface area contributed by atoms with E-state index in [0.717, 1.165) is 25.9 Å². The molecule has 0 unspecified atom stereocenters. The normalized spacial score (nSPS) is 11.4. The van der Waals surface area contributed by atoms with Crippen LogP contribution in [0.15, 0.2) is 12.3 Å². The van der Waals surface area contributed by atoms with E-state index >= 15 is 0 Å². The lowest BCUT2D eigenvalue weighted by Crippen LogP contribution is -2.19. The fraction of sp³-hybridized carbons (Fsp3) is 0.667. The standard InChI is InChI=1S/C12H20N4/c1-12(2,10-13)6-4-7-14-9-11-5-8-15-16(11)3/h5,8,14H,4,6-7,9H2,1-3H3. The molecule has 0 aliphatic heterocycles. The minimum atomic E-state index is -0.200. The highest BCUT2D eigenvalue weighted by Crippen LogP contribution is 2.19. The van der Waals surface area contributed by atoms with Crippen molar-refractivity contribution in [1.29, 1.82) is 5.26 Å². The summed E-state index contributed by atoms with van der Waals surface area (Å²) in [6.07, 6.45) is 3.76. The number of nitrogens with one attached hydrogen (secondary N) is 1. The van der Waals surface area contributed by atoms with Crippen LogP contribution in [0.1, 0.15) is 32.4 Å². The topological polar surface area (TPSA) is 53.6 Å². The highest BCUT2D eigenvalue weighted by molar-refractivity contribution is 4.99. The zero-order valence-electron chi connectivity index (χ0n) is 10.3. The zero-order valence-corrected chi connectivity index (χ0v) is 10.3. The molecule has 4 heteroatoms. The van der Waals surface area contributed by atoms with Crippen LogP contribution in [-0.4, -0.2) is 16.3 Å². The van der Waals surface area contributed by atoms with Crippen molar-refractivity contribution in [2.45, 2.75) is 33.2 Å². The van der Waals surface area contributed by atoms with Crippen molar-refractivity contribution in [3.63, 3.8) is 0 Å². The van der Waals surface area contributed by atoms with Crippen molar-refractivity contribution in [3.05, 3.63) is 18.0 Å². The van der Waals surface area contributed by atoms with Crippen LogP contribution in [0.2, 0.25) is 0 Å². The molecule has 1 aromatic rings. The molecule has 0 amide bonds. The van der Waals surface area contributed by atoms with Gasteiger partial charge in [-0.1, -0.05) is 0 Å². The van der Waals surface area contributed by atoms with Crippen LogP contribution in [0.5, 0.6) is 0 Å². The second kappa shape index (κ2) is 5.66. The Hall–Kier alpha value is -1.34. The van der Waals surface area contributed by atoms with Gasteiger partial charge in [0.25, 0.3) is 0 Å². The fourth-order valence-corrected chi connectivity index (χ4v) is 1.50. The summed E-state index contributed by atoms with van der Waals surface area (Å²) >= 11 is 0. The Bertz CT molecular complexity index is 359. The Morgan fingerprint density at radius 1 is 1.56 bits per heavy atom. The first kappa shape index (κ1) is 12.7. The first-order valence-corrected chi connectivity index (χ1v) is 5.64. The molecule has 1 N–H and O–H groups in total. The molecule has 0 fully saturated rings. The Kier molecular flexibility index (Phi) is 4.51. The van der Waals surface area contributed by atoms with E-state index in [1.54, 1.807) is 6.20 Å². The van der Waals surface area contributed by atoms with E-state index in [0.29, 0.717) is 0 Å². The summed E-state index contributed by atoms with van der Waals surface area (Å²) in [6, 6.07) is 4.32. The molecule has 0 aliphatic rings. The van der Waals surface area contributed by atoms with Crippen LogP contribution in [0.4, 0.5) is 0 Å². The van der Waals surface area contributed by atoms with Crippen molar-refractivity contribution in [2.75, 3.05) is 6.54 Å². The van der Waals surface area contributed by atoms with Crippen molar-refractivity contribution in [2.24, 2.45) is 12.5 Å². The quantitative estimate of drug-likeness (QED) is 0.744. The lowest BCUT2D eigenvalue weighted by atomic mass is 9.90. The highest BCUT2D eigenvalue weighted by atomic mass is 15.3. The average Bonchev–Trinajstić information content (AvgIpc) is 2.64. The van der Waals surface area contributed by atoms with Crippen LogP contribution in [0.3, 0.4) is 0 Å². The van der Waals surface area contributed by atoms with Gasteiger partial charge in [-0.05, 0) is 39.3 Å². The molecular weight excluding hydrogens is 200 g/mol. The van der Waals surface area contributed by atoms with Gasteiger partial charge in [0.1, 0.15) is 0 Å². The molecule has 4 nitrogen and oxygen atoms in total. The third-order valence-corrected chi connectivity index (χ3v) is 2.69. The van der Waals surface area contributed by atoms with Gasteiger partial charge in [-0.25, -0.2) is 0 Å². The molecule has 0 radical (unpaired) electrons. The van der Waals surface area contributed by atoms with Crippen LogP contribution in [-0.2, 0) is 13.6 Å². The van der Waals surface area contributed by atoms with Crippen molar-refractivity contribution < 1.29 is 0 Å². The van der Waals surface area contributed by atoms with E-state index in [2.05, 4.69) is 16.5 Å². The molecule has 0 spiro atoms. The average molecular weight is 220 g/mol. The number of aryl methyl sites for hydroxylation is 1. The monoisotopic (exact) mass is 220 g/mol. The molecule has 0 aromatic carbocycles. The summed E-state index contributed by atoms with van der Waals surface area (Å²) in [5, 5.41) is 16.3. The molecule has 16 heavy (non-hydrogen) atoms. The van der Waals surface area contributed by atoms with Gasteiger partial charge in [-0.3, -0.25) is 4.68 Å². The second-order valence-electron chi connectivity index (χ2n) is 4.72. The summed E-state index contributed by atoms with van der Waals surface area (Å²) in [4.78, 5) is 0. The fourth-order valence-electron chi connectivity index (χ4n) is 1.50. The number of hydrogen-bond donors (Lipinski definition) is 1. The van der Waals surface area contributed by atoms with Gasteiger partial charge >= 0.3 is 0 Å². The number of hydrogen-bond acceptors (Lipinski definition) is 3. The third kappa shape index (κ3) is 4.03. The smallest absolute Gasteiger partial charge is 0.0683 e. The molecule has 1 rings (SSSR count).